The van der Waals surface area contributed by atoms with Crippen LogP contribution in [0.3, 0.4) is 0 Å². The summed E-state index contributed by atoms with van der Waals surface area (Å²) in [6.45, 7) is 50.3. The summed E-state index contributed by atoms with van der Waals surface area (Å²) in [6, 6.07) is 0. The Balaban J connectivity index is 0.000000655. The fourth-order valence-corrected chi connectivity index (χ4v) is 17.2. The van der Waals surface area contributed by atoms with Gasteiger partial charge in [0.05, 0.1) is 0 Å². The number of hydrogen-bond acceptors (Lipinski definition) is 8. The van der Waals surface area contributed by atoms with Gasteiger partial charge in [0.25, 0.3) is 0 Å². The summed E-state index contributed by atoms with van der Waals surface area (Å²) in [6.07, 6.45) is 75.5. The lowest BCUT2D eigenvalue weighted by atomic mass is 9.72. The highest BCUT2D eigenvalue weighted by Crippen LogP contribution is 2.44. The van der Waals surface area contributed by atoms with Crippen LogP contribution in [-0.2, 0) is 38.4 Å². The third-order valence-electron chi connectivity index (χ3n) is 24.8. The van der Waals surface area contributed by atoms with Gasteiger partial charge in [-0.1, -0.05) is 261 Å². The van der Waals surface area contributed by atoms with E-state index in [0.717, 1.165) is 103 Å². The minimum absolute atomic E-state index is 0.00436. The molecule has 2 atom stereocenters. The average Bonchev–Trinajstić information content (AvgIpc) is 0.838. The Morgan fingerprint density at radius 3 is 0.992 bits per heavy atom. The van der Waals surface area contributed by atoms with Crippen molar-refractivity contribution >= 4 is 46.9 Å². The van der Waals surface area contributed by atoms with Gasteiger partial charge in [-0.15, -0.1) is 0 Å². The quantitative estimate of drug-likeness (QED) is 0.0225. The molecule has 0 heterocycles. The van der Waals surface area contributed by atoms with E-state index in [-0.39, 0.29) is 87.3 Å². The van der Waals surface area contributed by atoms with Crippen molar-refractivity contribution in [3.8, 4) is 0 Å². The molecule has 5 amide bonds. The van der Waals surface area contributed by atoms with E-state index in [2.05, 4.69) is 211 Å². The third kappa shape index (κ3) is 47.5. The molecule has 0 radical (unpaired) electrons. The summed E-state index contributed by atoms with van der Waals surface area (Å²) in [5, 5.41) is 14.7. The highest BCUT2D eigenvalue weighted by Gasteiger charge is 2.31. The molecule has 0 aromatic rings. The Morgan fingerprint density at radius 2 is 0.640 bits per heavy atom. The van der Waals surface area contributed by atoms with Crippen molar-refractivity contribution in [3.05, 3.63) is 235 Å². The first kappa shape index (κ1) is 110. The maximum atomic E-state index is 13.5. The Bertz CT molecular complexity index is 4220. The van der Waals surface area contributed by atoms with Gasteiger partial charge in [-0.3, -0.25) is 38.4 Å². The first-order valence-corrected chi connectivity index (χ1v) is 47.8. The maximum absolute atomic E-state index is 13.5. The molecule has 4 aliphatic carbocycles. The molecule has 0 aromatic carbocycles. The first-order valence-electron chi connectivity index (χ1n) is 47.8. The lowest BCUT2D eigenvalue weighted by molar-refractivity contribution is -0.128. The smallest absolute Gasteiger partial charge is 0.244 e. The van der Waals surface area contributed by atoms with Crippen LogP contribution in [0, 0.1) is 33.5 Å². The van der Waals surface area contributed by atoms with E-state index < -0.39 is 5.92 Å². The summed E-state index contributed by atoms with van der Waals surface area (Å²) >= 11 is 0. The SMILES string of the molecule is CCCCCCC(=O)C(CCCCNC(=O)/C=C(C)/C=C/C=C(C)/C=C/C1=C(C)CCCC1(C)C)CC(=O)/C=C(C)/C=C/C=C(C)/C=C/C1=C(C)CCCC1(C)C.CCNC(=O)CCCC(=O)NCCCCCNC(=O)C(CCCCNC(=O)/C=C(C)/C=C/C=C(C)/C=C/C1=C(C)CCCC1(C)C)CC(=O)/C=C(C)/C=C/C=C(C)/C=C/C1=C(C)CCCC1(C)C. The summed E-state index contributed by atoms with van der Waals surface area (Å²) in [4.78, 5) is 102. The van der Waals surface area contributed by atoms with E-state index >= 15 is 0 Å². The predicted molar refractivity (Wildman–Crippen MR) is 531 cm³/mol. The molecule has 2 unspecified atom stereocenters. The van der Waals surface area contributed by atoms with Crippen LogP contribution < -0.4 is 26.6 Å². The molecule has 13 nitrogen and oxygen atoms in total. The zero-order valence-corrected chi connectivity index (χ0v) is 82.2. The number of hydrogen-bond donors (Lipinski definition) is 5. The lowest BCUT2D eigenvalue weighted by Crippen LogP contribution is -2.33. The van der Waals surface area contributed by atoms with Crippen LogP contribution in [0.5, 0.6) is 0 Å². The van der Waals surface area contributed by atoms with Crippen molar-refractivity contribution < 1.29 is 38.4 Å². The molecule has 13 heteroatoms. The second kappa shape index (κ2) is 60.0. The average molecular weight is 1710 g/mol. The van der Waals surface area contributed by atoms with Crippen molar-refractivity contribution in [3.63, 3.8) is 0 Å². The van der Waals surface area contributed by atoms with Crippen LogP contribution in [0.2, 0.25) is 0 Å². The van der Waals surface area contributed by atoms with Gasteiger partial charge >= 0.3 is 0 Å². The highest BCUT2D eigenvalue weighted by molar-refractivity contribution is 5.95. The second-order valence-corrected chi connectivity index (χ2v) is 38.8. The van der Waals surface area contributed by atoms with Crippen molar-refractivity contribution in [1.82, 2.24) is 26.6 Å². The molecule has 0 aliphatic heterocycles. The predicted octanol–water partition coefficient (Wildman–Crippen LogP) is 27.1. The zero-order chi connectivity index (χ0) is 93.0. The van der Waals surface area contributed by atoms with Gasteiger partial charge in [-0.25, -0.2) is 0 Å². The van der Waals surface area contributed by atoms with Gasteiger partial charge in [0.2, 0.25) is 29.5 Å². The molecule has 0 aromatic heterocycles. The van der Waals surface area contributed by atoms with Gasteiger partial charge in [0.1, 0.15) is 5.78 Å². The van der Waals surface area contributed by atoms with Gasteiger partial charge < -0.3 is 26.6 Å². The number of ketones is 3. The van der Waals surface area contributed by atoms with Gasteiger partial charge in [0.15, 0.2) is 11.6 Å². The molecule has 0 bridgehead atoms. The third-order valence-corrected chi connectivity index (χ3v) is 24.8. The molecule has 5 N–H and O–H groups in total. The highest BCUT2D eigenvalue weighted by atomic mass is 16.2. The molecule has 0 saturated carbocycles. The summed E-state index contributed by atoms with van der Waals surface area (Å²) in [5.74, 6) is -1.21. The number of carbonyl (C=O) groups is 8. The first-order chi connectivity index (χ1) is 59.2. The Morgan fingerprint density at radius 1 is 0.328 bits per heavy atom. The molecule has 0 saturated heterocycles. The fourth-order valence-electron chi connectivity index (χ4n) is 17.2. The lowest BCUT2D eigenvalue weighted by Gasteiger charge is -2.33. The summed E-state index contributed by atoms with van der Waals surface area (Å²) in [7, 11) is 0. The molecule has 125 heavy (non-hydrogen) atoms. The van der Waals surface area contributed by atoms with Gasteiger partial charge in [0, 0.05) is 88.8 Å². The van der Waals surface area contributed by atoms with Crippen molar-refractivity contribution in [1.29, 1.82) is 0 Å². The Labute approximate surface area is 759 Å². The van der Waals surface area contributed by atoms with Crippen LogP contribution in [0.1, 0.15) is 351 Å². The standard InChI is InChI=1S/C59H90N4O5.C53H79NO3/c1-12-60-54(65)30-20-31-55(66)61-38-15-13-16-40-63-57(68)50(43-51(64)41-46(4)25-18-23-44(2)32-34-52-48(6)27-21-36-58(52,8)9)29-14-17-39-62-56(67)42-47(5)26-19-24-45(3)33-35-53-49(7)28-22-37-59(53,10)11;1-12-13-14-15-29-50(56)46(39-47(55)37-42(4)24-18-22-40(2)30-32-48-44(6)26-20-34-52(48,8)9)28-16-17-36-54-51(57)38-43(5)25-19-23-41(3)31-33-49-45(7)27-21-35-53(49,10)11/h18-19,23-26,32-35,41-42,50H,12-17,20-22,27-31,36-40,43H2,1-11H3,(H,60,65)(H,61,66)(H,62,67)(H,63,68);18-19,22-25,30-33,37-38,46H,12-17,20-21,26-29,34-36,39H2,1-11H3,(H,54,57)/b25-18+,26-19+,34-32+,35-33+,44-23+,45-24+,46-41+,47-42+;24-18+,25-19+,32-30+,33-31+,40-22+,41-23+,42-37+,43-38+. The van der Waals surface area contributed by atoms with Crippen LogP contribution in [0.25, 0.3) is 0 Å². The minimum atomic E-state index is -0.493. The molecule has 4 rings (SSSR count). The molecule has 0 spiro atoms. The monoisotopic (exact) mass is 1710 g/mol. The Kier molecular flexibility index (Phi) is 53.0. The van der Waals surface area contributed by atoms with Crippen molar-refractivity contribution in [2.24, 2.45) is 33.5 Å². The van der Waals surface area contributed by atoms with Crippen LogP contribution in [0.4, 0.5) is 0 Å². The molecule has 690 valence electrons. The zero-order valence-electron chi connectivity index (χ0n) is 82.2. The number of nitrogens with one attached hydrogen (secondary N) is 5. The van der Waals surface area contributed by atoms with Crippen LogP contribution in [0.15, 0.2) is 235 Å². The van der Waals surface area contributed by atoms with E-state index in [4.69, 9.17) is 0 Å². The number of carbonyl (C=O) groups excluding carboxylic acids is 8. The van der Waals surface area contributed by atoms with Gasteiger partial charge in [-0.2, -0.15) is 0 Å². The number of rotatable bonds is 52. The molecule has 4 aliphatic rings. The number of unbranched alkanes of at least 4 members (excludes halogenated alkanes) is 7. The second-order valence-electron chi connectivity index (χ2n) is 38.8. The number of Topliss-reactive ketones (excluding diaryl/α,β-unsaturated/α-hetero) is 1. The van der Waals surface area contributed by atoms with E-state index in [0.29, 0.717) is 84.1 Å². The maximum Gasteiger partial charge on any atom is 0.244 e. The largest absolute Gasteiger partial charge is 0.356 e. The van der Waals surface area contributed by atoms with Gasteiger partial charge in [-0.05, 0) is 303 Å². The normalized spacial score (nSPS) is 18.4. The molecular formula is C112H169N5O8. The van der Waals surface area contributed by atoms with E-state index in [9.17, 15) is 38.4 Å². The topological polar surface area (TPSA) is 197 Å². The Hall–Kier alpha value is -8.84. The van der Waals surface area contributed by atoms with Crippen molar-refractivity contribution in [2.45, 2.75) is 351 Å². The summed E-state index contributed by atoms with van der Waals surface area (Å²) < 4.78 is 0. The van der Waals surface area contributed by atoms with E-state index in [1.165, 1.54) is 121 Å². The molecule has 0 fully saturated rings. The fraction of sp³-hybridized carbons (Fsp3) is 0.571. The van der Waals surface area contributed by atoms with Crippen LogP contribution >= 0.6 is 0 Å². The van der Waals surface area contributed by atoms with Crippen molar-refractivity contribution in [2.75, 3.05) is 32.7 Å². The van der Waals surface area contributed by atoms with E-state index in [1.54, 1.807) is 24.3 Å². The number of amides is 5. The van der Waals surface area contributed by atoms with Crippen LogP contribution in [-0.4, -0.2) is 79.6 Å². The summed E-state index contributed by atoms with van der Waals surface area (Å²) in [5.41, 5.74) is 20.6. The number of allylic oxidation sites excluding steroid dienone is 38. The molecular weight excluding hydrogens is 1540 g/mol. The van der Waals surface area contributed by atoms with E-state index in [1.807, 2.05) is 89.3 Å². The minimum Gasteiger partial charge on any atom is -0.356 e.